The first-order valence-corrected chi connectivity index (χ1v) is 13.8. The summed E-state index contributed by atoms with van der Waals surface area (Å²) in [6.45, 7) is 17.0. The summed E-state index contributed by atoms with van der Waals surface area (Å²) in [6, 6.07) is 0. The van der Waals surface area contributed by atoms with Crippen molar-refractivity contribution in [2.45, 2.75) is 92.1 Å². The van der Waals surface area contributed by atoms with Crippen molar-refractivity contribution < 1.29 is 24.2 Å². The molecule has 4 aliphatic carbocycles. The number of carbonyl (C=O) groups is 2. The molecule has 0 aromatic rings. The second-order valence-corrected chi connectivity index (χ2v) is 13.7. The molecule has 0 aromatic carbocycles. The van der Waals surface area contributed by atoms with E-state index in [2.05, 4.69) is 59.4 Å². The van der Waals surface area contributed by atoms with Crippen molar-refractivity contribution in [3.8, 4) is 0 Å². The number of rotatable bonds is 6. The van der Waals surface area contributed by atoms with E-state index in [1.807, 2.05) is 0 Å². The Morgan fingerprint density at radius 1 is 1.26 bits per heavy atom. The van der Waals surface area contributed by atoms with Crippen LogP contribution in [-0.2, 0) is 19.1 Å². The highest BCUT2D eigenvalue weighted by atomic mass is 16.7. The Morgan fingerprint density at radius 2 is 1.97 bits per heavy atom. The maximum absolute atomic E-state index is 13.5. The number of carboxylic acid groups (broad SMARTS) is 1. The molecule has 0 unspecified atom stereocenters. The molecule has 196 valence electrons. The molecule has 1 heterocycles. The molecular formula is C29H45NO5. The molecule has 3 saturated carbocycles. The third-order valence-electron chi connectivity index (χ3n) is 10.8. The highest BCUT2D eigenvalue weighted by Gasteiger charge is 2.84. The molecule has 1 N–H and O–H groups in total. The van der Waals surface area contributed by atoms with E-state index >= 15 is 0 Å². The van der Waals surface area contributed by atoms with Crippen LogP contribution in [-0.4, -0.2) is 59.9 Å². The lowest BCUT2D eigenvalue weighted by atomic mass is 9.43. The molecule has 1 aliphatic heterocycles. The normalized spacial score (nSPS) is 47.1. The van der Waals surface area contributed by atoms with Gasteiger partial charge in [0.15, 0.2) is 6.29 Å². The van der Waals surface area contributed by atoms with Gasteiger partial charge in [-0.2, -0.15) is 0 Å². The summed E-state index contributed by atoms with van der Waals surface area (Å²) in [7, 11) is 0. The number of aldehydes is 1. The Kier molecular flexibility index (Phi) is 5.90. The Balaban J connectivity index is 1.55. The van der Waals surface area contributed by atoms with Gasteiger partial charge in [-0.05, 0) is 76.5 Å². The third kappa shape index (κ3) is 3.18. The average Bonchev–Trinajstić information content (AvgIpc) is 3.34. The number of hydrogen-bond acceptors (Lipinski definition) is 5. The number of ether oxygens (including phenoxy) is 2. The van der Waals surface area contributed by atoms with Crippen LogP contribution in [0.1, 0.15) is 74.1 Å². The summed E-state index contributed by atoms with van der Waals surface area (Å²) in [5.41, 5.74) is -1.66. The predicted molar refractivity (Wildman–Crippen MR) is 134 cm³/mol. The maximum Gasteiger partial charge on any atom is 0.315 e. The molecule has 0 spiro atoms. The van der Waals surface area contributed by atoms with Crippen molar-refractivity contribution in [2.75, 3.05) is 19.7 Å². The third-order valence-corrected chi connectivity index (χ3v) is 10.8. The fourth-order valence-electron chi connectivity index (χ4n) is 9.43. The summed E-state index contributed by atoms with van der Waals surface area (Å²) in [6.07, 6.45) is 6.47. The van der Waals surface area contributed by atoms with Gasteiger partial charge in [0.05, 0.1) is 24.7 Å². The molecule has 6 nitrogen and oxygen atoms in total. The quantitative estimate of drug-likeness (QED) is 0.430. The number of carboxylic acids is 1. The van der Waals surface area contributed by atoms with Gasteiger partial charge in [-0.15, -0.1) is 0 Å². The first-order chi connectivity index (χ1) is 16.3. The lowest BCUT2D eigenvalue weighted by Gasteiger charge is -2.58. The molecule has 6 heteroatoms. The summed E-state index contributed by atoms with van der Waals surface area (Å²) in [4.78, 5) is 29.1. The first kappa shape index (κ1) is 25.4. The van der Waals surface area contributed by atoms with E-state index in [1.165, 1.54) is 0 Å². The molecule has 35 heavy (non-hydrogen) atoms. The van der Waals surface area contributed by atoms with Crippen molar-refractivity contribution in [1.82, 2.24) is 4.90 Å². The largest absolute Gasteiger partial charge is 0.481 e. The van der Waals surface area contributed by atoms with Crippen LogP contribution < -0.4 is 0 Å². The van der Waals surface area contributed by atoms with Crippen molar-refractivity contribution in [2.24, 2.45) is 45.8 Å². The summed E-state index contributed by atoms with van der Waals surface area (Å²) in [5, 5.41) is 11.1. The van der Waals surface area contributed by atoms with Crippen molar-refractivity contribution >= 4 is 12.3 Å². The minimum Gasteiger partial charge on any atom is -0.481 e. The second kappa shape index (κ2) is 8.13. The van der Waals surface area contributed by atoms with Crippen LogP contribution in [0.5, 0.6) is 0 Å². The number of hydrogen-bond donors (Lipinski definition) is 1. The zero-order chi connectivity index (χ0) is 25.6. The zero-order valence-electron chi connectivity index (χ0n) is 22.7. The SMILES string of the molecule is CC(C)C1=C[C@H]2C[C@@]3(C=O)[C@@H]4CC[C@@H](C)[C@H]4C[C@@]2(CO[C@H]2CN(C(C)(C)C)C[C@@H](C)O2)[C@]13C(=O)O. The van der Waals surface area contributed by atoms with Gasteiger partial charge in [0.1, 0.15) is 11.7 Å². The predicted octanol–water partition coefficient (Wildman–Crippen LogP) is 4.77. The van der Waals surface area contributed by atoms with E-state index in [1.54, 1.807) is 0 Å². The van der Waals surface area contributed by atoms with Gasteiger partial charge in [-0.25, -0.2) is 0 Å². The molecule has 5 rings (SSSR count). The number of fused-ring (bicyclic) bond motifs is 2. The van der Waals surface area contributed by atoms with Crippen LogP contribution >= 0.6 is 0 Å². The molecule has 0 radical (unpaired) electrons. The standard InChI is InChI=1S/C29H45NO5/c1-17(2)23-10-20-11-27(15-31)22-9-8-18(3)21(22)12-28(20,29(23,27)25(32)33)16-34-24-14-30(26(5,6)7)13-19(4)35-24/h10,15,17-22,24H,8-9,11-14,16H2,1-7H3,(H,32,33)/t18-,19-,20+,21-,22-,24-,27-,28+,29+/m1/s1. The number of allylic oxidation sites excluding steroid dienone is 1. The number of aliphatic carboxylic acids is 1. The molecule has 4 fully saturated rings. The number of nitrogens with zero attached hydrogens (tertiary/aromatic N) is 1. The molecule has 1 saturated heterocycles. The fourth-order valence-corrected chi connectivity index (χ4v) is 9.43. The Bertz CT molecular complexity index is 923. The van der Waals surface area contributed by atoms with E-state index in [4.69, 9.17) is 9.47 Å². The minimum atomic E-state index is -1.18. The Labute approximate surface area is 210 Å². The second-order valence-electron chi connectivity index (χ2n) is 13.7. The Morgan fingerprint density at radius 3 is 2.57 bits per heavy atom. The van der Waals surface area contributed by atoms with Crippen LogP contribution in [0.3, 0.4) is 0 Å². The van der Waals surface area contributed by atoms with Crippen LogP contribution in [0.4, 0.5) is 0 Å². The lowest BCUT2D eigenvalue weighted by Crippen LogP contribution is -2.64. The van der Waals surface area contributed by atoms with Gasteiger partial charge in [0.2, 0.25) is 0 Å². The topological polar surface area (TPSA) is 76.1 Å². The molecular weight excluding hydrogens is 442 g/mol. The molecule has 0 amide bonds. The van der Waals surface area contributed by atoms with E-state index in [-0.39, 0.29) is 29.4 Å². The summed E-state index contributed by atoms with van der Waals surface area (Å²) in [5.74, 6) is 0.339. The zero-order valence-corrected chi connectivity index (χ0v) is 22.7. The Hall–Kier alpha value is -1.24. The van der Waals surface area contributed by atoms with Gasteiger partial charge >= 0.3 is 5.97 Å². The summed E-state index contributed by atoms with van der Waals surface area (Å²) >= 11 is 0. The number of morpholine rings is 1. The maximum atomic E-state index is 13.5. The van der Waals surface area contributed by atoms with Gasteiger partial charge in [0.25, 0.3) is 0 Å². The lowest BCUT2D eigenvalue weighted by molar-refractivity contribution is -0.242. The van der Waals surface area contributed by atoms with E-state index in [0.717, 1.165) is 37.7 Å². The van der Waals surface area contributed by atoms with Crippen LogP contribution in [0, 0.1) is 45.8 Å². The van der Waals surface area contributed by atoms with E-state index in [9.17, 15) is 14.7 Å². The highest BCUT2D eigenvalue weighted by Crippen LogP contribution is 2.82. The smallest absolute Gasteiger partial charge is 0.315 e. The molecule has 4 bridgehead atoms. The van der Waals surface area contributed by atoms with E-state index < -0.39 is 28.5 Å². The molecule has 5 aliphatic rings. The summed E-state index contributed by atoms with van der Waals surface area (Å²) < 4.78 is 12.8. The van der Waals surface area contributed by atoms with Crippen molar-refractivity contribution in [3.05, 3.63) is 11.6 Å². The minimum absolute atomic E-state index is 0.00296. The molecule has 9 atom stereocenters. The van der Waals surface area contributed by atoms with Gasteiger partial charge in [-0.3, -0.25) is 9.69 Å². The van der Waals surface area contributed by atoms with Gasteiger partial charge in [0, 0.05) is 17.5 Å². The van der Waals surface area contributed by atoms with E-state index in [0.29, 0.717) is 31.4 Å². The van der Waals surface area contributed by atoms with Crippen molar-refractivity contribution in [1.29, 1.82) is 0 Å². The average molecular weight is 488 g/mol. The van der Waals surface area contributed by atoms with Crippen molar-refractivity contribution in [3.63, 3.8) is 0 Å². The van der Waals surface area contributed by atoms with Crippen LogP contribution in [0.2, 0.25) is 0 Å². The molecule has 0 aromatic heterocycles. The van der Waals surface area contributed by atoms with Crippen LogP contribution in [0.15, 0.2) is 11.6 Å². The van der Waals surface area contributed by atoms with Gasteiger partial charge < -0.3 is 19.4 Å². The van der Waals surface area contributed by atoms with Crippen LogP contribution in [0.25, 0.3) is 0 Å². The highest BCUT2D eigenvalue weighted by molar-refractivity contribution is 5.90. The van der Waals surface area contributed by atoms with Gasteiger partial charge in [-0.1, -0.05) is 38.8 Å². The monoisotopic (exact) mass is 487 g/mol. The first-order valence-electron chi connectivity index (χ1n) is 13.8. The fraction of sp³-hybridized carbons (Fsp3) is 0.862. The number of carbonyl (C=O) groups excluding carboxylic acids is 1.